The first-order chi connectivity index (χ1) is 11.6. The molecule has 124 valence electrons. The van der Waals surface area contributed by atoms with Gasteiger partial charge in [0.2, 0.25) is 5.91 Å². The molecule has 1 aromatic carbocycles. The third-order valence-corrected chi connectivity index (χ3v) is 4.74. The summed E-state index contributed by atoms with van der Waals surface area (Å²) in [6, 6.07) is 8.61. The number of carbonyl (C=O) groups excluding carboxylic acids is 1. The normalized spacial score (nSPS) is 10.8. The molecule has 0 atom stereocenters. The Hall–Kier alpha value is -1.96. The van der Waals surface area contributed by atoms with Gasteiger partial charge in [0.25, 0.3) is 0 Å². The summed E-state index contributed by atoms with van der Waals surface area (Å²) in [7, 11) is 0. The fraction of sp³-hybridized carbons (Fsp3) is 0.133. The lowest BCUT2D eigenvalue weighted by molar-refractivity contribution is -0.113. The first kappa shape index (κ1) is 16.9. The van der Waals surface area contributed by atoms with E-state index in [1.165, 1.54) is 11.8 Å². The Morgan fingerprint density at radius 1 is 1.29 bits per heavy atom. The number of hydrogen-bond acceptors (Lipinski definition) is 5. The Morgan fingerprint density at radius 3 is 2.92 bits per heavy atom. The fourth-order valence-electron chi connectivity index (χ4n) is 1.94. The molecule has 0 aliphatic heterocycles. The molecule has 1 amide bonds. The maximum Gasteiger partial charge on any atom is 0.234 e. The molecule has 2 aromatic heterocycles. The first-order valence-corrected chi connectivity index (χ1v) is 8.64. The molecule has 24 heavy (non-hydrogen) atoms. The zero-order chi connectivity index (χ0) is 16.9. The fourth-order valence-corrected chi connectivity index (χ4v) is 2.95. The average molecular weight is 383 g/mol. The van der Waals surface area contributed by atoms with Crippen molar-refractivity contribution in [3.63, 3.8) is 0 Å². The van der Waals surface area contributed by atoms with E-state index >= 15 is 0 Å². The molecule has 0 aliphatic rings. The number of rotatable bonds is 6. The monoisotopic (exact) mass is 382 g/mol. The second kappa shape index (κ2) is 7.74. The zero-order valence-corrected chi connectivity index (χ0v) is 14.6. The van der Waals surface area contributed by atoms with Gasteiger partial charge in [-0.05, 0) is 30.3 Å². The van der Waals surface area contributed by atoms with Gasteiger partial charge in [0, 0.05) is 5.69 Å². The third kappa shape index (κ3) is 4.31. The quantitative estimate of drug-likeness (QED) is 0.653. The molecule has 0 aliphatic carbocycles. The molecular weight excluding hydrogens is 371 g/mol. The summed E-state index contributed by atoms with van der Waals surface area (Å²) in [4.78, 5) is 12.0. The lowest BCUT2D eigenvalue weighted by atomic mass is 10.3. The summed E-state index contributed by atoms with van der Waals surface area (Å²) in [5, 5.41) is 12.1. The van der Waals surface area contributed by atoms with Crippen LogP contribution in [0.3, 0.4) is 0 Å². The standard InChI is InChI=1S/C15H12Cl2N4O2S/c16-12-4-3-10(6-13(12)17)19-14(22)8-24-15-20-18-9-21(15)7-11-2-1-5-23-11/h1-6,9H,7-8H2,(H,19,22). The van der Waals surface area contributed by atoms with Crippen molar-refractivity contribution in [2.24, 2.45) is 0 Å². The molecule has 0 bridgehead atoms. The van der Waals surface area contributed by atoms with E-state index in [1.807, 2.05) is 16.7 Å². The summed E-state index contributed by atoms with van der Waals surface area (Å²) in [6.45, 7) is 0.511. The summed E-state index contributed by atoms with van der Waals surface area (Å²) >= 11 is 13.1. The highest BCUT2D eigenvalue weighted by Crippen LogP contribution is 2.25. The predicted molar refractivity (Wildman–Crippen MR) is 93.6 cm³/mol. The van der Waals surface area contributed by atoms with Crippen molar-refractivity contribution in [3.05, 3.63) is 58.7 Å². The molecule has 3 aromatic rings. The molecule has 1 N–H and O–H groups in total. The van der Waals surface area contributed by atoms with Crippen LogP contribution in [-0.4, -0.2) is 26.4 Å². The second-order valence-electron chi connectivity index (χ2n) is 4.79. The Balaban J connectivity index is 1.56. The van der Waals surface area contributed by atoms with Gasteiger partial charge >= 0.3 is 0 Å². The largest absolute Gasteiger partial charge is 0.467 e. The molecular formula is C15H12Cl2N4O2S. The maximum absolute atomic E-state index is 12.0. The number of aromatic nitrogens is 3. The molecule has 0 saturated carbocycles. The van der Waals surface area contributed by atoms with E-state index in [-0.39, 0.29) is 11.7 Å². The van der Waals surface area contributed by atoms with Crippen molar-refractivity contribution in [1.82, 2.24) is 14.8 Å². The average Bonchev–Trinajstić information content (AvgIpc) is 3.21. The number of carbonyl (C=O) groups is 1. The predicted octanol–water partition coefficient (Wildman–Crippen LogP) is 3.96. The van der Waals surface area contributed by atoms with E-state index in [0.29, 0.717) is 27.4 Å². The molecule has 0 unspecified atom stereocenters. The van der Waals surface area contributed by atoms with Crippen LogP contribution in [0.15, 0.2) is 52.5 Å². The van der Waals surface area contributed by atoms with Crippen LogP contribution in [-0.2, 0) is 11.3 Å². The smallest absolute Gasteiger partial charge is 0.234 e. The lowest BCUT2D eigenvalue weighted by Crippen LogP contribution is -2.14. The molecule has 0 radical (unpaired) electrons. The van der Waals surface area contributed by atoms with Crippen molar-refractivity contribution in [2.45, 2.75) is 11.7 Å². The van der Waals surface area contributed by atoms with Gasteiger partial charge in [-0.1, -0.05) is 35.0 Å². The lowest BCUT2D eigenvalue weighted by Gasteiger charge is -2.07. The molecule has 2 heterocycles. The van der Waals surface area contributed by atoms with E-state index in [0.717, 1.165) is 5.76 Å². The Labute approximate surface area is 152 Å². The number of halogens is 2. The Kier molecular flexibility index (Phi) is 5.44. The van der Waals surface area contributed by atoms with Gasteiger partial charge in [-0.15, -0.1) is 10.2 Å². The van der Waals surface area contributed by atoms with E-state index in [2.05, 4.69) is 15.5 Å². The summed E-state index contributed by atoms with van der Waals surface area (Å²) in [5.74, 6) is 0.805. The van der Waals surface area contributed by atoms with Gasteiger partial charge in [0.1, 0.15) is 12.1 Å². The minimum atomic E-state index is -0.175. The van der Waals surface area contributed by atoms with Crippen molar-refractivity contribution < 1.29 is 9.21 Å². The van der Waals surface area contributed by atoms with Crippen molar-refractivity contribution in [1.29, 1.82) is 0 Å². The van der Waals surface area contributed by atoms with Gasteiger partial charge in [0.05, 0.1) is 28.6 Å². The number of thioether (sulfide) groups is 1. The van der Waals surface area contributed by atoms with Crippen LogP contribution in [0.25, 0.3) is 0 Å². The molecule has 0 fully saturated rings. The van der Waals surface area contributed by atoms with E-state index < -0.39 is 0 Å². The number of benzene rings is 1. The first-order valence-electron chi connectivity index (χ1n) is 6.90. The number of nitrogens with zero attached hydrogens (tertiary/aromatic N) is 3. The van der Waals surface area contributed by atoms with Crippen molar-refractivity contribution >= 4 is 46.6 Å². The Morgan fingerprint density at radius 2 is 2.17 bits per heavy atom. The summed E-state index contributed by atoms with van der Waals surface area (Å²) < 4.78 is 7.11. The molecule has 0 spiro atoms. The molecule has 6 nitrogen and oxygen atoms in total. The van der Waals surface area contributed by atoms with Gasteiger partial charge in [-0.3, -0.25) is 4.79 Å². The highest BCUT2D eigenvalue weighted by Gasteiger charge is 2.11. The molecule has 9 heteroatoms. The topological polar surface area (TPSA) is 73.0 Å². The van der Waals surface area contributed by atoms with Crippen LogP contribution in [0.2, 0.25) is 10.0 Å². The minimum absolute atomic E-state index is 0.175. The van der Waals surface area contributed by atoms with Crippen molar-refractivity contribution in [3.8, 4) is 0 Å². The number of anilines is 1. The van der Waals surface area contributed by atoms with Crippen LogP contribution in [0.5, 0.6) is 0 Å². The molecule has 0 saturated heterocycles. The maximum atomic E-state index is 12.0. The van der Waals surface area contributed by atoms with Gasteiger partial charge < -0.3 is 14.3 Å². The highest BCUT2D eigenvalue weighted by molar-refractivity contribution is 7.99. The van der Waals surface area contributed by atoms with Crippen LogP contribution in [0.4, 0.5) is 5.69 Å². The zero-order valence-electron chi connectivity index (χ0n) is 12.3. The van der Waals surface area contributed by atoms with Crippen molar-refractivity contribution in [2.75, 3.05) is 11.1 Å². The Bertz CT molecular complexity index is 836. The number of furan rings is 1. The van der Waals surface area contributed by atoms with Gasteiger partial charge in [-0.25, -0.2) is 0 Å². The number of hydrogen-bond donors (Lipinski definition) is 1. The van der Waals surface area contributed by atoms with Gasteiger partial charge in [-0.2, -0.15) is 0 Å². The van der Waals surface area contributed by atoms with Crippen LogP contribution < -0.4 is 5.32 Å². The summed E-state index contributed by atoms with van der Waals surface area (Å²) in [6.07, 6.45) is 3.21. The number of nitrogens with one attached hydrogen (secondary N) is 1. The van der Waals surface area contributed by atoms with E-state index in [4.69, 9.17) is 27.6 Å². The van der Waals surface area contributed by atoms with Crippen LogP contribution in [0.1, 0.15) is 5.76 Å². The SMILES string of the molecule is O=C(CSc1nncn1Cc1ccco1)Nc1ccc(Cl)c(Cl)c1. The van der Waals surface area contributed by atoms with Gasteiger partial charge in [0.15, 0.2) is 5.16 Å². The van der Waals surface area contributed by atoms with E-state index in [9.17, 15) is 4.79 Å². The van der Waals surface area contributed by atoms with E-state index in [1.54, 1.807) is 30.8 Å². The second-order valence-corrected chi connectivity index (χ2v) is 6.54. The molecule has 3 rings (SSSR count). The third-order valence-electron chi connectivity index (χ3n) is 3.02. The summed E-state index contributed by atoms with van der Waals surface area (Å²) in [5.41, 5.74) is 0.590. The highest BCUT2D eigenvalue weighted by atomic mass is 35.5. The van der Waals surface area contributed by atoms with Crippen LogP contribution >= 0.6 is 35.0 Å². The number of amides is 1. The minimum Gasteiger partial charge on any atom is -0.467 e. The van der Waals surface area contributed by atoms with Crippen LogP contribution in [0, 0.1) is 0 Å².